The molecule has 178 valence electrons. The standard InChI is InChI=1S/C25H18ClIN2O6/c1-34-21-12-15(10-19(27)22(21)35-13-14-2-4-16(5-3-14)24(31)32)11-20-23(30)29(25(33)28-20)18-8-6-17(26)7-9-18/h2-12H,13H2,1H3,(H,28,33)(H,31,32)/b20-11+. The van der Waals surface area contributed by atoms with Crippen molar-refractivity contribution in [3.63, 3.8) is 0 Å². The van der Waals surface area contributed by atoms with Gasteiger partial charge in [0.05, 0.1) is 21.9 Å². The second-order valence-corrected chi connectivity index (χ2v) is 9.03. The maximum Gasteiger partial charge on any atom is 0.335 e. The van der Waals surface area contributed by atoms with E-state index >= 15 is 0 Å². The topological polar surface area (TPSA) is 105 Å². The fraction of sp³-hybridized carbons (Fsp3) is 0.0800. The summed E-state index contributed by atoms with van der Waals surface area (Å²) in [5.41, 5.74) is 2.15. The zero-order chi connectivity index (χ0) is 25.1. The molecular formula is C25H18ClIN2O6. The van der Waals surface area contributed by atoms with Crippen LogP contribution in [0.25, 0.3) is 6.08 Å². The Kier molecular flexibility index (Phi) is 7.27. The van der Waals surface area contributed by atoms with Crippen LogP contribution in [0.15, 0.2) is 66.4 Å². The van der Waals surface area contributed by atoms with Gasteiger partial charge < -0.3 is 19.9 Å². The zero-order valence-electron chi connectivity index (χ0n) is 18.2. The van der Waals surface area contributed by atoms with E-state index in [9.17, 15) is 14.4 Å². The quantitative estimate of drug-likeness (QED) is 0.215. The van der Waals surface area contributed by atoms with Crippen LogP contribution in [-0.2, 0) is 11.4 Å². The first-order chi connectivity index (χ1) is 16.8. The van der Waals surface area contributed by atoms with Crippen LogP contribution in [-0.4, -0.2) is 30.1 Å². The molecule has 0 bridgehead atoms. The van der Waals surface area contributed by atoms with E-state index in [0.29, 0.717) is 27.8 Å². The minimum absolute atomic E-state index is 0.120. The molecule has 8 nitrogen and oxygen atoms in total. The third-order valence-corrected chi connectivity index (χ3v) is 6.16. The van der Waals surface area contributed by atoms with E-state index in [0.717, 1.165) is 14.0 Å². The van der Waals surface area contributed by atoms with Gasteiger partial charge in [-0.05, 0) is 88.3 Å². The third kappa shape index (κ3) is 5.41. The summed E-state index contributed by atoms with van der Waals surface area (Å²) in [7, 11) is 1.50. The van der Waals surface area contributed by atoms with Crippen molar-refractivity contribution in [2.45, 2.75) is 6.61 Å². The maximum absolute atomic E-state index is 12.9. The summed E-state index contributed by atoms with van der Waals surface area (Å²) in [6.45, 7) is 0.206. The Labute approximate surface area is 219 Å². The van der Waals surface area contributed by atoms with Gasteiger partial charge in [-0.1, -0.05) is 23.7 Å². The third-order valence-electron chi connectivity index (χ3n) is 5.11. The number of urea groups is 1. The largest absolute Gasteiger partial charge is 0.493 e. The first-order valence-electron chi connectivity index (χ1n) is 10.2. The van der Waals surface area contributed by atoms with Gasteiger partial charge in [0.25, 0.3) is 5.91 Å². The van der Waals surface area contributed by atoms with E-state index in [4.69, 9.17) is 26.2 Å². The van der Waals surface area contributed by atoms with Gasteiger partial charge in [-0.2, -0.15) is 0 Å². The minimum atomic E-state index is -0.994. The summed E-state index contributed by atoms with van der Waals surface area (Å²) >= 11 is 8.00. The normalized spacial score (nSPS) is 14.3. The second kappa shape index (κ2) is 10.4. The lowest BCUT2D eigenvalue weighted by Crippen LogP contribution is -2.30. The fourth-order valence-electron chi connectivity index (χ4n) is 3.39. The number of carbonyl (C=O) groups is 3. The van der Waals surface area contributed by atoms with Gasteiger partial charge in [-0.15, -0.1) is 0 Å². The first kappa shape index (κ1) is 24.6. The Balaban J connectivity index is 1.54. The van der Waals surface area contributed by atoms with Crippen molar-refractivity contribution < 1.29 is 29.0 Å². The molecule has 0 saturated carbocycles. The molecule has 1 heterocycles. The Hall–Kier alpha value is -3.57. The van der Waals surface area contributed by atoms with Gasteiger partial charge in [0.2, 0.25) is 0 Å². The SMILES string of the molecule is COc1cc(/C=C2/NC(=O)N(c3ccc(Cl)cc3)C2=O)cc(I)c1OCc1ccc(C(=O)O)cc1. The molecule has 0 atom stereocenters. The van der Waals surface area contributed by atoms with Gasteiger partial charge >= 0.3 is 12.0 Å². The number of nitrogens with zero attached hydrogens (tertiary/aromatic N) is 1. The van der Waals surface area contributed by atoms with Crippen molar-refractivity contribution in [3.8, 4) is 11.5 Å². The Morgan fingerprint density at radius 1 is 1.11 bits per heavy atom. The van der Waals surface area contributed by atoms with Crippen LogP contribution in [0.2, 0.25) is 5.02 Å². The monoisotopic (exact) mass is 604 g/mol. The number of halogens is 2. The number of aromatic carboxylic acids is 1. The van der Waals surface area contributed by atoms with Crippen LogP contribution >= 0.6 is 34.2 Å². The Morgan fingerprint density at radius 2 is 1.80 bits per heavy atom. The lowest BCUT2D eigenvalue weighted by molar-refractivity contribution is -0.113. The molecule has 2 N–H and O–H groups in total. The molecule has 0 radical (unpaired) electrons. The number of nitrogens with one attached hydrogen (secondary N) is 1. The molecule has 10 heteroatoms. The van der Waals surface area contributed by atoms with E-state index in [1.165, 1.54) is 19.2 Å². The number of hydrogen-bond acceptors (Lipinski definition) is 5. The lowest BCUT2D eigenvalue weighted by Gasteiger charge is -2.14. The maximum atomic E-state index is 12.9. The average Bonchev–Trinajstić information content (AvgIpc) is 3.11. The highest BCUT2D eigenvalue weighted by Crippen LogP contribution is 2.35. The van der Waals surface area contributed by atoms with Gasteiger partial charge in [0.15, 0.2) is 11.5 Å². The summed E-state index contributed by atoms with van der Waals surface area (Å²) < 4.78 is 12.1. The molecule has 3 amide bonds. The molecule has 35 heavy (non-hydrogen) atoms. The summed E-state index contributed by atoms with van der Waals surface area (Å²) in [6, 6.07) is 15.7. The summed E-state index contributed by atoms with van der Waals surface area (Å²) in [5, 5.41) is 12.1. The number of imide groups is 1. The lowest BCUT2D eigenvalue weighted by atomic mass is 10.1. The average molecular weight is 605 g/mol. The van der Waals surface area contributed by atoms with Gasteiger partial charge in [0, 0.05) is 5.02 Å². The number of anilines is 1. The number of amides is 3. The number of benzene rings is 3. The van der Waals surface area contributed by atoms with Crippen molar-refractivity contribution >= 4 is 63.9 Å². The number of rotatable bonds is 7. The van der Waals surface area contributed by atoms with E-state index in [2.05, 4.69) is 27.9 Å². The summed E-state index contributed by atoms with van der Waals surface area (Å²) in [6.07, 6.45) is 1.56. The zero-order valence-corrected chi connectivity index (χ0v) is 21.2. The van der Waals surface area contributed by atoms with E-state index < -0.39 is 17.9 Å². The highest BCUT2D eigenvalue weighted by Gasteiger charge is 2.34. The molecule has 3 aromatic rings. The molecule has 0 spiro atoms. The van der Waals surface area contributed by atoms with Crippen LogP contribution in [0.1, 0.15) is 21.5 Å². The number of hydrogen-bond donors (Lipinski definition) is 2. The number of carbonyl (C=O) groups excluding carboxylic acids is 2. The van der Waals surface area contributed by atoms with E-state index in [1.54, 1.807) is 54.6 Å². The number of methoxy groups -OCH3 is 1. The van der Waals surface area contributed by atoms with Crippen molar-refractivity contribution in [2.75, 3.05) is 12.0 Å². The molecule has 0 aromatic heterocycles. The first-order valence-corrected chi connectivity index (χ1v) is 11.7. The molecule has 0 aliphatic carbocycles. The number of ether oxygens (including phenoxy) is 2. The molecule has 1 saturated heterocycles. The second-order valence-electron chi connectivity index (χ2n) is 7.43. The summed E-state index contributed by atoms with van der Waals surface area (Å²) in [4.78, 5) is 37.4. The van der Waals surface area contributed by atoms with Crippen LogP contribution in [0.4, 0.5) is 10.5 Å². The summed E-state index contributed by atoms with van der Waals surface area (Å²) in [5.74, 6) is -0.539. The van der Waals surface area contributed by atoms with Crippen LogP contribution in [0.3, 0.4) is 0 Å². The molecule has 4 rings (SSSR count). The Bertz CT molecular complexity index is 1340. The molecule has 1 fully saturated rings. The number of carboxylic acid groups (broad SMARTS) is 1. The highest BCUT2D eigenvalue weighted by atomic mass is 127. The van der Waals surface area contributed by atoms with Crippen LogP contribution < -0.4 is 19.7 Å². The Morgan fingerprint density at radius 3 is 2.43 bits per heavy atom. The van der Waals surface area contributed by atoms with Gasteiger partial charge in [-0.3, -0.25) is 4.79 Å². The van der Waals surface area contributed by atoms with Gasteiger partial charge in [-0.25, -0.2) is 14.5 Å². The van der Waals surface area contributed by atoms with Crippen molar-refractivity contribution in [1.29, 1.82) is 0 Å². The molecule has 0 unspecified atom stereocenters. The van der Waals surface area contributed by atoms with Crippen molar-refractivity contribution in [2.24, 2.45) is 0 Å². The van der Waals surface area contributed by atoms with E-state index in [-0.39, 0.29) is 17.9 Å². The molecular weight excluding hydrogens is 587 g/mol. The molecule has 1 aliphatic heterocycles. The predicted octanol–water partition coefficient (Wildman–Crippen LogP) is 5.33. The van der Waals surface area contributed by atoms with Crippen LogP contribution in [0, 0.1) is 3.57 Å². The molecule has 1 aliphatic rings. The van der Waals surface area contributed by atoms with Gasteiger partial charge in [0.1, 0.15) is 12.3 Å². The van der Waals surface area contributed by atoms with E-state index in [1.807, 2.05) is 0 Å². The minimum Gasteiger partial charge on any atom is -0.493 e. The smallest absolute Gasteiger partial charge is 0.335 e. The number of carboxylic acids is 1. The fourth-order valence-corrected chi connectivity index (χ4v) is 4.30. The molecule has 3 aromatic carbocycles. The predicted molar refractivity (Wildman–Crippen MR) is 139 cm³/mol. The van der Waals surface area contributed by atoms with Crippen LogP contribution in [0.5, 0.6) is 11.5 Å². The van der Waals surface area contributed by atoms with Crippen molar-refractivity contribution in [3.05, 3.63) is 91.6 Å². The highest BCUT2D eigenvalue weighted by molar-refractivity contribution is 14.1. The van der Waals surface area contributed by atoms with Crippen molar-refractivity contribution in [1.82, 2.24) is 5.32 Å².